The Labute approximate surface area is 112 Å². The van der Waals surface area contributed by atoms with Gasteiger partial charge in [-0.2, -0.15) is 24.7 Å². The fraction of sp³-hybridized carbons (Fsp3) is 0.222. The second-order valence-corrected chi connectivity index (χ2v) is 3.87. The number of anilines is 2. The van der Waals surface area contributed by atoms with Crippen molar-refractivity contribution < 1.29 is 0 Å². The van der Waals surface area contributed by atoms with Gasteiger partial charge in [0.1, 0.15) is 19.0 Å². The Bertz CT molecular complexity index is 701. The van der Waals surface area contributed by atoms with Crippen molar-refractivity contribution in [1.82, 2.24) is 44.5 Å². The summed E-state index contributed by atoms with van der Waals surface area (Å²) in [5, 5.41) is 14.7. The van der Waals surface area contributed by atoms with Gasteiger partial charge in [0.05, 0.1) is 6.54 Å². The van der Waals surface area contributed by atoms with Gasteiger partial charge in [0.25, 0.3) is 5.95 Å². The third-order valence-corrected chi connectivity index (χ3v) is 2.47. The normalized spacial score (nSPS) is 10.7. The monoisotopic (exact) mass is 273 g/mol. The summed E-state index contributed by atoms with van der Waals surface area (Å²) >= 11 is 0. The molecule has 0 amide bonds. The quantitative estimate of drug-likeness (QED) is 0.598. The first-order chi connectivity index (χ1) is 9.72. The summed E-state index contributed by atoms with van der Waals surface area (Å²) in [5.74, 6) is 1.44. The zero-order chi connectivity index (χ0) is 13.9. The molecule has 20 heavy (non-hydrogen) atoms. The predicted molar refractivity (Wildman–Crippen MR) is 67.5 cm³/mol. The molecule has 3 heterocycles. The zero-order valence-electron chi connectivity index (χ0n) is 10.5. The molecule has 3 aromatic rings. The first-order valence-electron chi connectivity index (χ1n) is 5.65. The van der Waals surface area contributed by atoms with Gasteiger partial charge in [-0.05, 0) is 0 Å². The molecule has 0 atom stereocenters. The Morgan fingerprint density at radius 3 is 2.85 bits per heavy atom. The van der Waals surface area contributed by atoms with Gasteiger partial charge in [0, 0.05) is 7.05 Å². The Hall–Kier alpha value is -3.11. The van der Waals surface area contributed by atoms with E-state index < -0.39 is 0 Å². The third kappa shape index (κ3) is 2.36. The molecule has 0 unspecified atom stereocenters. The van der Waals surface area contributed by atoms with Crippen molar-refractivity contribution in [2.75, 3.05) is 11.1 Å². The molecule has 3 rings (SSSR count). The minimum Gasteiger partial charge on any atom is -0.368 e. The van der Waals surface area contributed by atoms with E-state index in [1.165, 1.54) is 17.3 Å². The van der Waals surface area contributed by atoms with Crippen LogP contribution in [0.5, 0.6) is 0 Å². The van der Waals surface area contributed by atoms with Crippen LogP contribution in [0.15, 0.2) is 19.0 Å². The molecule has 102 valence electrons. The van der Waals surface area contributed by atoms with E-state index in [4.69, 9.17) is 5.73 Å². The summed E-state index contributed by atoms with van der Waals surface area (Å²) in [6.45, 7) is 0.413. The van der Waals surface area contributed by atoms with Gasteiger partial charge in [-0.3, -0.25) is 0 Å². The average molecular weight is 273 g/mol. The van der Waals surface area contributed by atoms with Crippen LogP contribution in [0, 0.1) is 0 Å². The first-order valence-corrected chi connectivity index (χ1v) is 5.65. The molecule has 0 aromatic carbocycles. The Morgan fingerprint density at radius 1 is 1.25 bits per heavy atom. The van der Waals surface area contributed by atoms with Crippen LogP contribution in [-0.2, 0) is 13.6 Å². The van der Waals surface area contributed by atoms with Crippen LogP contribution in [0.1, 0.15) is 5.82 Å². The molecule has 0 radical (unpaired) electrons. The summed E-state index contributed by atoms with van der Waals surface area (Å²) in [7, 11) is 1.85. The van der Waals surface area contributed by atoms with Crippen molar-refractivity contribution in [1.29, 1.82) is 0 Å². The highest BCUT2D eigenvalue weighted by atomic mass is 15.4. The standard InChI is InChI=1S/C9H11N11/c1-19-5-13-18-6(19)2-12-8-15-7(10)16-9(17-8)20-4-11-3-14-20/h3-5H,2H2,1H3,(H3,10,12,15,16,17). The van der Waals surface area contributed by atoms with Crippen molar-refractivity contribution in [2.45, 2.75) is 6.54 Å². The maximum absolute atomic E-state index is 5.65. The van der Waals surface area contributed by atoms with Gasteiger partial charge in [-0.1, -0.05) is 0 Å². The zero-order valence-corrected chi connectivity index (χ0v) is 10.5. The molecule has 3 N–H and O–H groups in total. The fourth-order valence-electron chi connectivity index (χ4n) is 1.50. The molecule has 3 aromatic heterocycles. The summed E-state index contributed by atoms with van der Waals surface area (Å²) in [6.07, 6.45) is 4.47. The van der Waals surface area contributed by atoms with E-state index in [0.29, 0.717) is 12.5 Å². The van der Waals surface area contributed by atoms with Crippen LogP contribution in [0.4, 0.5) is 11.9 Å². The van der Waals surface area contributed by atoms with Crippen LogP contribution in [-0.4, -0.2) is 44.5 Å². The lowest BCUT2D eigenvalue weighted by atomic mass is 10.6. The topological polar surface area (TPSA) is 138 Å². The number of nitrogen functional groups attached to an aromatic ring is 1. The lowest BCUT2D eigenvalue weighted by molar-refractivity contribution is 0.784. The van der Waals surface area contributed by atoms with Gasteiger partial charge in [-0.15, -0.1) is 10.2 Å². The van der Waals surface area contributed by atoms with Crippen molar-refractivity contribution in [3.8, 4) is 5.95 Å². The number of aryl methyl sites for hydroxylation is 1. The SMILES string of the molecule is Cn1cnnc1CNc1nc(N)nc(-n2cncn2)n1. The molecule has 11 heteroatoms. The van der Waals surface area contributed by atoms with Crippen LogP contribution < -0.4 is 11.1 Å². The maximum atomic E-state index is 5.65. The molecule has 0 aliphatic carbocycles. The van der Waals surface area contributed by atoms with Crippen LogP contribution in [0.3, 0.4) is 0 Å². The minimum atomic E-state index is 0.0889. The van der Waals surface area contributed by atoms with Gasteiger partial charge >= 0.3 is 0 Å². The van der Waals surface area contributed by atoms with E-state index in [9.17, 15) is 0 Å². The highest BCUT2D eigenvalue weighted by molar-refractivity contribution is 5.34. The molecule has 0 aliphatic heterocycles. The lowest BCUT2D eigenvalue weighted by Gasteiger charge is -2.06. The molecule has 0 aliphatic rings. The Kier molecular flexibility index (Phi) is 2.91. The largest absolute Gasteiger partial charge is 0.368 e. The molecule has 0 saturated heterocycles. The molecule has 0 spiro atoms. The number of nitrogens with zero attached hydrogens (tertiary/aromatic N) is 9. The van der Waals surface area contributed by atoms with E-state index in [1.54, 1.807) is 10.9 Å². The number of nitrogens with two attached hydrogens (primary N) is 1. The van der Waals surface area contributed by atoms with Gasteiger partial charge in [0.15, 0.2) is 5.82 Å². The molecule has 0 fully saturated rings. The summed E-state index contributed by atoms with van der Waals surface area (Å²) in [4.78, 5) is 16.0. The number of hydrogen-bond donors (Lipinski definition) is 2. The second-order valence-electron chi connectivity index (χ2n) is 3.87. The number of nitrogens with one attached hydrogen (secondary N) is 1. The number of rotatable bonds is 4. The lowest BCUT2D eigenvalue weighted by Crippen LogP contribution is -2.13. The highest BCUT2D eigenvalue weighted by Gasteiger charge is 2.08. The summed E-state index contributed by atoms with van der Waals surface area (Å²) in [6, 6.07) is 0. The molecule has 0 saturated carbocycles. The predicted octanol–water partition coefficient (Wildman–Crippen LogP) is -1.22. The summed E-state index contributed by atoms with van der Waals surface area (Å²) in [5.41, 5.74) is 5.65. The molecule has 0 bridgehead atoms. The fourth-order valence-corrected chi connectivity index (χ4v) is 1.50. The molecular weight excluding hydrogens is 262 g/mol. The van der Waals surface area contributed by atoms with E-state index >= 15 is 0 Å². The minimum absolute atomic E-state index is 0.0889. The van der Waals surface area contributed by atoms with E-state index in [2.05, 4.69) is 40.5 Å². The van der Waals surface area contributed by atoms with Crippen molar-refractivity contribution in [2.24, 2.45) is 7.05 Å². The van der Waals surface area contributed by atoms with Crippen molar-refractivity contribution in [3.63, 3.8) is 0 Å². The van der Waals surface area contributed by atoms with Crippen LogP contribution in [0.25, 0.3) is 5.95 Å². The van der Waals surface area contributed by atoms with Gasteiger partial charge in [-0.25, -0.2) is 4.98 Å². The van der Waals surface area contributed by atoms with Crippen molar-refractivity contribution >= 4 is 11.9 Å². The van der Waals surface area contributed by atoms with Gasteiger partial charge in [0.2, 0.25) is 11.9 Å². The maximum Gasteiger partial charge on any atom is 0.258 e. The average Bonchev–Trinajstić information content (AvgIpc) is 3.07. The third-order valence-electron chi connectivity index (χ3n) is 2.47. The van der Waals surface area contributed by atoms with E-state index in [-0.39, 0.29) is 11.9 Å². The Balaban J connectivity index is 1.81. The number of aromatic nitrogens is 9. The highest BCUT2D eigenvalue weighted by Crippen LogP contribution is 2.06. The first kappa shape index (κ1) is 12.0. The summed E-state index contributed by atoms with van der Waals surface area (Å²) < 4.78 is 3.18. The smallest absolute Gasteiger partial charge is 0.258 e. The van der Waals surface area contributed by atoms with Crippen LogP contribution >= 0.6 is 0 Å². The van der Waals surface area contributed by atoms with Gasteiger partial charge < -0.3 is 15.6 Å². The molecular formula is C9H11N11. The second kappa shape index (κ2) is 4.87. The number of hydrogen-bond acceptors (Lipinski definition) is 9. The van der Waals surface area contributed by atoms with E-state index in [1.807, 2.05) is 7.05 Å². The molecule has 11 nitrogen and oxygen atoms in total. The van der Waals surface area contributed by atoms with E-state index in [0.717, 1.165) is 5.82 Å². The Morgan fingerprint density at radius 2 is 2.15 bits per heavy atom. The van der Waals surface area contributed by atoms with Crippen molar-refractivity contribution in [3.05, 3.63) is 24.8 Å². The van der Waals surface area contributed by atoms with Crippen LogP contribution in [0.2, 0.25) is 0 Å².